The Bertz CT molecular complexity index is 724. The summed E-state index contributed by atoms with van der Waals surface area (Å²) in [4.78, 5) is 13.7. The van der Waals surface area contributed by atoms with Crippen LogP contribution in [0.3, 0.4) is 0 Å². The van der Waals surface area contributed by atoms with Gasteiger partial charge in [0.1, 0.15) is 0 Å². The molecule has 4 N–H and O–H groups in total. The molecule has 3 rings (SSSR count). The quantitative estimate of drug-likeness (QED) is 0.748. The summed E-state index contributed by atoms with van der Waals surface area (Å²) in [6, 6.07) is 18.4. The molecular weight excluding hydrogens is 324 g/mol. The van der Waals surface area contributed by atoms with Crippen LogP contribution in [0.2, 0.25) is 0 Å². The first-order chi connectivity index (χ1) is 12.5. The van der Waals surface area contributed by atoms with E-state index in [0.717, 1.165) is 38.2 Å². The molecule has 0 radical (unpaired) electrons. The zero-order valence-corrected chi connectivity index (χ0v) is 15.4. The molecule has 2 aromatic carbocycles. The first-order valence-electron chi connectivity index (χ1n) is 9.19. The Balaban J connectivity index is 1.66. The summed E-state index contributed by atoms with van der Waals surface area (Å²) < 4.78 is 0. The van der Waals surface area contributed by atoms with Crippen LogP contribution in [-0.4, -0.2) is 36.1 Å². The normalized spacial score (nSPS) is 16.8. The third-order valence-electron chi connectivity index (χ3n) is 5.09. The van der Waals surface area contributed by atoms with E-state index in [1.54, 1.807) is 0 Å². The van der Waals surface area contributed by atoms with Crippen molar-refractivity contribution < 1.29 is 4.79 Å². The molecule has 1 aliphatic heterocycles. The van der Waals surface area contributed by atoms with E-state index < -0.39 is 6.03 Å². The topological polar surface area (TPSA) is 70.4 Å². The number of primary amides is 1. The number of piperidine rings is 1. The molecule has 0 atom stereocenters. The van der Waals surface area contributed by atoms with E-state index in [4.69, 9.17) is 5.73 Å². The molecule has 5 nitrogen and oxygen atoms in total. The molecule has 5 heteroatoms. The predicted molar refractivity (Wildman–Crippen MR) is 106 cm³/mol. The molecule has 0 unspecified atom stereocenters. The van der Waals surface area contributed by atoms with Crippen molar-refractivity contribution in [3.8, 4) is 0 Å². The predicted octanol–water partition coefficient (Wildman–Crippen LogP) is 3.11. The van der Waals surface area contributed by atoms with Crippen LogP contribution >= 0.6 is 0 Å². The fourth-order valence-electron chi connectivity index (χ4n) is 3.61. The number of hydrogen-bond donors (Lipinski definition) is 3. The van der Waals surface area contributed by atoms with E-state index in [-0.39, 0.29) is 5.54 Å². The van der Waals surface area contributed by atoms with Crippen LogP contribution in [0.5, 0.6) is 0 Å². The molecule has 0 aromatic heterocycles. The highest BCUT2D eigenvalue weighted by molar-refractivity contribution is 5.71. The summed E-state index contributed by atoms with van der Waals surface area (Å²) in [5.41, 5.74) is 8.80. The zero-order chi connectivity index (χ0) is 18.4. The maximum absolute atomic E-state index is 11.3. The van der Waals surface area contributed by atoms with Crippen LogP contribution in [0, 0.1) is 6.92 Å². The van der Waals surface area contributed by atoms with Crippen molar-refractivity contribution in [2.45, 2.75) is 31.8 Å². The number of urea groups is 1. The minimum absolute atomic E-state index is 0.171. The second kappa shape index (κ2) is 8.23. The number of rotatable bonds is 6. The lowest BCUT2D eigenvalue weighted by molar-refractivity contribution is 0.164. The van der Waals surface area contributed by atoms with Gasteiger partial charge in [0.25, 0.3) is 0 Å². The van der Waals surface area contributed by atoms with Crippen molar-refractivity contribution >= 4 is 11.7 Å². The van der Waals surface area contributed by atoms with Gasteiger partial charge in [-0.05, 0) is 43.0 Å². The van der Waals surface area contributed by atoms with Crippen molar-refractivity contribution in [1.82, 2.24) is 10.2 Å². The van der Waals surface area contributed by atoms with Gasteiger partial charge in [-0.2, -0.15) is 0 Å². The Labute approximate surface area is 155 Å². The number of anilines is 1. The molecule has 138 valence electrons. The fraction of sp³-hybridized carbons (Fsp3) is 0.381. The SMILES string of the molecule is Cc1cccc(NC2(CNC(N)=O)CCN(Cc3ccccc3)CC2)c1. The van der Waals surface area contributed by atoms with E-state index >= 15 is 0 Å². The molecule has 26 heavy (non-hydrogen) atoms. The highest BCUT2D eigenvalue weighted by Crippen LogP contribution is 2.28. The first-order valence-corrected chi connectivity index (χ1v) is 9.19. The largest absolute Gasteiger partial charge is 0.378 e. The standard InChI is InChI=1S/C21H28N4O/c1-17-6-5-9-19(14-17)24-21(16-23-20(22)26)10-12-25(13-11-21)15-18-7-3-2-4-8-18/h2-9,14,24H,10-13,15-16H2,1H3,(H3,22,23,26). The number of nitrogens with one attached hydrogen (secondary N) is 2. The monoisotopic (exact) mass is 352 g/mol. The summed E-state index contributed by atoms with van der Waals surface area (Å²) in [6.45, 7) is 5.55. The Morgan fingerprint density at radius 3 is 2.50 bits per heavy atom. The minimum atomic E-state index is -0.470. The average molecular weight is 352 g/mol. The lowest BCUT2D eigenvalue weighted by Crippen LogP contribution is -2.55. The van der Waals surface area contributed by atoms with Gasteiger partial charge in [-0.3, -0.25) is 4.90 Å². The smallest absolute Gasteiger partial charge is 0.312 e. The van der Waals surface area contributed by atoms with Gasteiger partial charge < -0.3 is 16.4 Å². The Morgan fingerprint density at radius 2 is 1.85 bits per heavy atom. The number of hydrogen-bond acceptors (Lipinski definition) is 3. The lowest BCUT2D eigenvalue weighted by Gasteiger charge is -2.43. The van der Waals surface area contributed by atoms with Gasteiger partial charge >= 0.3 is 6.03 Å². The summed E-state index contributed by atoms with van der Waals surface area (Å²) in [5, 5.41) is 6.49. The summed E-state index contributed by atoms with van der Waals surface area (Å²) in [5.74, 6) is 0. The highest BCUT2D eigenvalue weighted by Gasteiger charge is 2.34. The van der Waals surface area contributed by atoms with Gasteiger partial charge in [0, 0.05) is 31.9 Å². The van der Waals surface area contributed by atoms with Crippen LogP contribution in [0.4, 0.5) is 10.5 Å². The van der Waals surface area contributed by atoms with E-state index in [1.165, 1.54) is 11.1 Å². The number of nitrogens with zero attached hydrogens (tertiary/aromatic N) is 1. The molecule has 1 heterocycles. The molecule has 1 saturated heterocycles. The maximum atomic E-state index is 11.3. The van der Waals surface area contributed by atoms with Gasteiger partial charge in [0.15, 0.2) is 0 Å². The van der Waals surface area contributed by atoms with E-state index in [2.05, 4.69) is 71.0 Å². The second-order valence-electron chi connectivity index (χ2n) is 7.25. The van der Waals surface area contributed by atoms with Crippen molar-refractivity contribution in [3.63, 3.8) is 0 Å². The van der Waals surface area contributed by atoms with E-state index in [0.29, 0.717) is 6.54 Å². The number of carbonyl (C=O) groups is 1. The third kappa shape index (κ3) is 4.99. The van der Waals surface area contributed by atoms with Crippen LogP contribution < -0.4 is 16.4 Å². The molecule has 1 aliphatic rings. The van der Waals surface area contributed by atoms with Crippen molar-refractivity contribution in [1.29, 1.82) is 0 Å². The van der Waals surface area contributed by atoms with E-state index in [1.807, 2.05) is 6.07 Å². The zero-order valence-electron chi connectivity index (χ0n) is 15.4. The number of benzene rings is 2. The first kappa shape index (κ1) is 18.3. The van der Waals surface area contributed by atoms with Gasteiger partial charge in [-0.1, -0.05) is 42.5 Å². The average Bonchev–Trinajstić information content (AvgIpc) is 2.63. The minimum Gasteiger partial charge on any atom is -0.378 e. The number of carbonyl (C=O) groups excluding carboxylic acids is 1. The highest BCUT2D eigenvalue weighted by atomic mass is 16.2. The summed E-state index contributed by atoms with van der Waals surface area (Å²) in [7, 11) is 0. The molecule has 0 spiro atoms. The van der Waals surface area contributed by atoms with Crippen LogP contribution in [-0.2, 0) is 6.54 Å². The Morgan fingerprint density at radius 1 is 1.12 bits per heavy atom. The summed E-state index contributed by atoms with van der Waals surface area (Å²) in [6.07, 6.45) is 1.90. The molecule has 2 amide bonds. The molecule has 2 aromatic rings. The third-order valence-corrected chi connectivity index (χ3v) is 5.09. The van der Waals surface area contributed by atoms with Crippen LogP contribution in [0.1, 0.15) is 24.0 Å². The second-order valence-corrected chi connectivity index (χ2v) is 7.25. The Kier molecular flexibility index (Phi) is 5.78. The van der Waals surface area contributed by atoms with Crippen LogP contribution in [0.15, 0.2) is 54.6 Å². The lowest BCUT2D eigenvalue weighted by atomic mass is 9.86. The number of likely N-dealkylation sites (tertiary alicyclic amines) is 1. The van der Waals surface area contributed by atoms with Crippen molar-refractivity contribution in [2.24, 2.45) is 5.73 Å². The number of aryl methyl sites for hydroxylation is 1. The van der Waals surface area contributed by atoms with Crippen molar-refractivity contribution in [2.75, 3.05) is 25.0 Å². The molecule has 0 aliphatic carbocycles. The molecular formula is C21H28N4O. The van der Waals surface area contributed by atoms with Gasteiger partial charge in [0.2, 0.25) is 0 Å². The van der Waals surface area contributed by atoms with Crippen LogP contribution in [0.25, 0.3) is 0 Å². The number of amides is 2. The van der Waals surface area contributed by atoms with Gasteiger partial charge in [-0.25, -0.2) is 4.79 Å². The number of nitrogens with two attached hydrogens (primary N) is 1. The molecule has 0 bridgehead atoms. The van der Waals surface area contributed by atoms with Gasteiger partial charge in [0.05, 0.1) is 5.54 Å². The Hall–Kier alpha value is -2.53. The molecule has 1 fully saturated rings. The van der Waals surface area contributed by atoms with Gasteiger partial charge in [-0.15, -0.1) is 0 Å². The molecule has 0 saturated carbocycles. The maximum Gasteiger partial charge on any atom is 0.312 e. The van der Waals surface area contributed by atoms with Crippen molar-refractivity contribution in [3.05, 3.63) is 65.7 Å². The van der Waals surface area contributed by atoms with E-state index in [9.17, 15) is 4.79 Å². The fourth-order valence-corrected chi connectivity index (χ4v) is 3.61. The summed E-state index contributed by atoms with van der Waals surface area (Å²) >= 11 is 0.